The van der Waals surface area contributed by atoms with Crippen LogP contribution in [0.2, 0.25) is 5.02 Å². The van der Waals surface area contributed by atoms with Crippen LogP contribution in [0.1, 0.15) is 55.6 Å². The fraction of sp³-hybridized carbons (Fsp3) is 0.471. The van der Waals surface area contributed by atoms with E-state index < -0.39 is 23.9 Å². The van der Waals surface area contributed by atoms with Crippen molar-refractivity contribution in [3.05, 3.63) is 75.9 Å². The molecule has 1 aromatic heterocycles. The zero-order valence-corrected chi connectivity index (χ0v) is 28.1. The lowest BCUT2D eigenvalue weighted by atomic mass is 9.68. The fourth-order valence-corrected chi connectivity index (χ4v) is 8.12. The molecule has 1 saturated carbocycles. The third-order valence-corrected chi connectivity index (χ3v) is 10.6. The van der Waals surface area contributed by atoms with E-state index in [0.717, 1.165) is 36.7 Å². The van der Waals surface area contributed by atoms with E-state index in [0.29, 0.717) is 43.9 Å². The number of ether oxygens (including phenoxy) is 1. The number of benzene rings is 1. The van der Waals surface area contributed by atoms with Crippen molar-refractivity contribution < 1.29 is 42.1 Å². The van der Waals surface area contributed by atoms with Crippen LogP contribution >= 0.6 is 11.6 Å². The van der Waals surface area contributed by atoms with Gasteiger partial charge < -0.3 is 20.1 Å². The number of rotatable bonds is 8. The summed E-state index contributed by atoms with van der Waals surface area (Å²) in [6.07, 6.45) is 0.690. The van der Waals surface area contributed by atoms with Crippen LogP contribution in [0.15, 0.2) is 64.8 Å². The number of carbonyl (C=O) groups excluding carboxylic acids is 3. The van der Waals surface area contributed by atoms with E-state index in [9.17, 15) is 32.7 Å². The Bertz CT molecular complexity index is 1850. The number of amides is 3. The Morgan fingerprint density at radius 1 is 1.24 bits per heavy atom. The highest BCUT2D eigenvalue weighted by atomic mass is 35.5. The highest BCUT2D eigenvalue weighted by molar-refractivity contribution is 6.33. The van der Waals surface area contributed by atoms with E-state index in [1.54, 1.807) is 15.7 Å². The van der Waals surface area contributed by atoms with Crippen LogP contribution < -0.4 is 5.32 Å². The highest BCUT2D eigenvalue weighted by Gasteiger charge is 2.62. The molecular formula is C34H36ClF3N7O5+. The molecule has 5 aliphatic rings. The number of fused-ring (bicyclic) bond motifs is 1. The quantitative estimate of drug-likeness (QED) is 0.352. The zero-order valence-electron chi connectivity index (χ0n) is 27.4. The average Bonchev–Trinajstić information content (AvgIpc) is 3.38. The van der Waals surface area contributed by atoms with Crippen molar-refractivity contribution in [2.75, 3.05) is 31.6 Å². The standard InChI is InChI=1S/C34H35ClF3N7O5/c1-3-42(32(49)29-26(46)5-4-12-39-29)25-9-7-21(25)22-15-18(2)30-28(22)31(48)45-33(44(41-45)20-10-13-50-14-11-20)43(30)17-27(47)40-24-8-6-19(16-23(24)35)34(36,37)38/h4-6,8,10,12,16,18,21-22,25,33H,3,7,9,11,13-15,17H2,1-2H3,(H-,40,46,47,49)/p+1. The van der Waals surface area contributed by atoms with Gasteiger partial charge in [0.2, 0.25) is 5.91 Å². The fourth-order valence-electron chi connectivity index (χ4n) is 7.90. The summed E-state index contributed by atoms with van der Waals surface area (Å²) < 4.78 is 46.9. The maximum absolute atomic E-state index is 14.3. The predicted octanol–water partition coefficient (Wildman–Crippen LogP) is 5.37. The molecule has 0 saturated heterocycles. The molecular weight excluding hydrogens is 679 g/mol. The SMILES string of the molecule is CCN(C(=O)c1ncccc1O)C1CCC1C1CC(C)C2=C1C(=O)N1N=[N+](C3=CCOCC3)C1N2CC(=O)Nc1ccc(C(F)(F)F)cc1Cl. The number of hydrogen-bond acceptors (Lipinski definition) is 8. The third-order valence-electron chi connectivity index (χ3n) is 10.3. The normalized spacial score (nSPS) is 26.0. The number of alkyl halides is 3. The maximum atomic E-state index is 14.3. The van der Waals surface area contributed by atoms with Crippen molar-refractivity contribution >= 4 is 35.0 Å². The minimum atomic E-state index is -4.59. The van der Waals surface area contributed by atoms with E-state index >= 15 is 0 Å². The number of aromatic hydroxyl groups is 1. The molecule has 0 bridgehead atoms. The molecule has 4 heterocycles. The van der Waals surface area contributed by atoms with Crippen LogP contribution in [0.4, 0.5) is 18.9 Å². The van der Waals surface area contributed by atoms with Crippen LogP contribution in [0.5, 0.6) is 5.75 Å². The second-order valence-corrected chi connectivity index (χ2v) is 13.5. The lowest BCUT2D eigenvalue weighted by Gasteiger charge is -2.48. The summed E-state index contributed by atoms with van der Waals surface area (Å²) in [6, 6.07) is 5.52. The van der Waals surface area contributed by atoms with Crippen LogP contribution in [-0.4, -0.2) is 86.0 Å². The van der Waals surface area contributed by atoms with E-state index in [1.807, 2.05) is 24.8 Å². The number of hydrogen-bond donors (Lipinski definition) is 2. The van der Waals surface area contributed by atoms with Gasteiger partial charge in [-0.25, -0.2) is 9.78 Å². The van der Waals surface area contributed by atoms with Gasteiger partial charge in [0.05, 0.1) is 35.1 Å². The number of carbonyl (C=O) groups is 3. The molecule has 5 unspecified atom stereocenters. The summed E-state index contributed by atoms with van der Waals surface area (Å²) in [6.45, 7) is 4.88. The van der Waals surface area contributed by atoms with Crippen molar-refractivity contribution in [3.63, 3.8) is 0 Å². The smallest absolute Gasteiger partial charge is 0.416 e. The summed E-state index contributed by atoms with van der Waals surface area (Å²) >= 11 is 6.16. The van der Waals surface area contributed by atoms with Gasteiger partial charge in [0.25, 0.3) is 5.91 Å². The molecule has 3 aliphatic heterocycles. The molecule has 264 valence electrons. The third kappa shape index (κ3) is 5.79. The first-order chi connectivity index (χ1) is 23.9. The van der Waals surface area contributed by atoms with E-state index in [2.05, 4.69) is 15.5 Å². The summed E-state index contributed by atoms with van der Waals surface area (Å²) in [5.41, 5.74) is 1.19. The van der Waals surface area contributed by atoms with Crippen molar-refractivity contribution in [1.29, 1.82) is 0 Å². The van der Waals surface area contributed by atoms with Gasteiger partial charge in [-0.05, 0) is 85.4 Å². The van der Waals surface area contributed by atoms with Gasteiger partial charge in [0.15, 0.2) is 5.69 Å². The first-order valence-electron chi connectivity index (χ1n) is 16.6. The van der Waals surface area contributed by atoms with E-state index in [1.165, 1.54) is 17.3 Å². The number of nitrogens with zero attached hydrogens (tertiary/aromatic N) is 6. The Hall–Kier alpha value is -4.50. The lowest BCUT2D eigenvalue weighted by Crippen LogP contribution is -2.65. The molecule has 5 atom stereocenters. The first kappa shape index (κ1) is 34.0. The van der Waals surface area contributed by atoms with E-state index in [4.69, 9.17) is 16.3 Å². The average molecular weight is 715 g/mol. The highest BCUT2D eigenvalue weighted by Crippen LogP contribution is 2.53. The van der Waals surface area contributed by atoms with Crippen LogP contribution in [0.25, 0.3) is 0 Å². The Balaban J connectivity index is 1.19. The summed E-state index contributed by atoms with van der Waals surface area (Å²) in [7, 11) is 0. The minimum absolute atomic E-state index is 0.0245. The van der Waals surface area contributed by atoms with Crippen molar-refractivity contribution in [1.82, 2.24) is 19.8 Å². The van der Waals surface area contributed by atoms with Gasteiger partial charge in [-0.2, -0.15) is 13.2 Å². The second kappa shape index (κ2) is 13.0. The van der Waals surface area contributed by atoms with Gasteiger partial charge >= 0.3 is 18.4 Å². The topological polar surface area (TPSA) is 131 Å². The number of aromatic nitrogens is 1. The maximum Gasteiger partial charge on any atom is 0.416 e. The van der Waals surface area contributed by atoms with E-state index in [-0.39, 0.29) is 64.3 Å². The molecule has 2 aliphatic carbocycles. The monoisotopic (exact) mass is 714 g/mol. The molecule has 1 fully saturated rings. The van der Waals surface area contributed by atoms with Crippen molar-refractivity contribution in [2.45, 2.75) is 58.0 Å². The molecule has 50 heavy (non-hydrogen) atoms. The Morgan fingerprint density at radius 2 is 2.04 bits per heavy atom. The molecule has 0 spiro atoms. The molecule has 12 nitrogen and oxygen atoms in total. The molecule has 7 rings (SSSR count). The predicted molar refractivity (Wildman–Crippen MR) is 172 cm³/mol. The van der Waals surface area contributed by atoms with Gasteiger partial charge in [-0.1, -0.05) is 23.2 Å². The number of nitrogens with one attached hydrogen (secondary N) is 1. The molecule has 16 heteroatoms. The molecule has 0 radical (unpaired) electrons. The van der Waals surface area contributed by atoms with Crippen molar-refractivity contribution in [2.24, 2.45) is 23.0 Å². The second-order valence-electron chi connectivity index (χ2n) is 13.1. The van der Waals surface area contributed by atoms with Crippen LogP contribution in [-0.2, 0) is 20.5 Å². The lowest BCUT2D eigenvalue weighted by molar-refractivity contribution is -0.703. The molecule has 3 amide bonds. The number of anilines is 1. The van der Waals surface area contributed by atoms with Gasteiger partial charge in [0.1, 0.15) is 23.2 Å². The van der Waals surface area contributed by atoms with Gasteiger partial charge in [-0.15, -0.1) is 0 Å². The summed E-state index contributed by atoms with van der Waals surface area (Å²) in [5, 5.41) is 18.7. The number of halogens is 4. The Morgan fingerprint density at radius 3 is 2.68 bits per heavy atom. The minimum Gasteiger partial charge on any atom is -0.505 e. The summed E-state index contributed by atoms with van der Waals surface area (Å²) in [4.78, 5) is 49.1. The zero-order chi connectivity index (χ0) is 35.5. The molecule has 2 N–H and O–H groups in total. The van der Waals surface area contributed by atoms with Crippen molar-refractivity contribution in [3.8, 4) is 5.75 Å². The first-order valence-corrected chi connectivity index (χ1v) is 17.0. The van der Waals surface area contributed by atoms with Crippen LogP contribution in [0, 0.1) is 17.8 Å². The Kier molecular flexibility index (Phi) is 8.83. The van der Waals surface area contributed by atoms with Gasteiger partial charge in [0, 0.05) is 30.9 Å². The number of allylic oxidation sites excluding steroid dienone is 1. The largest absolute Gasteiger partial charge is 0.505 e. The Labute approximate surface area is 290 Å². The number of pyridine rings is 1. The van der Waals surface area contributed by atoms with Crippen LogP contribution in [0.3, 0.4) is 0 Å². The molecule has 2 aromatic rings. The van der Waals surface area contributed by atoms with Gasteiger partial charge in [-0.3, -0.25) is 14.5 Å². The summed E-state index contributed by atoms with van der Waals surface area (Å²) in [5.74, 6) is -1.79. The molecule has 1 aromatic carbocycles.